The zero-order valence-corrected chi connectivity index (χ0v) is 12.2. The Hall–Kier alpha value is -2.33. The Balaban J connectivity index is 1.75. The van der Waals surface area contributed by atoms with Crippen molar-refractivity contribution >= 4 is 11.3 Å². The van der Waals surface area contributed by atoms with E-state index in [0.717, 1.165) is 36.3 Å². The van der Waals surface area contributed by atoms with Crippen molar-refractivity contribution in [3.63, 3.8) is 0 Å². The second-order valence-corrected chi connectivity index (χ2v) is 5.87. The van der Waals surface area contributed by atoms with Crippen molar-refractivity contribution in [2.75, 3.05) is 18.0 Å². The number of rotatable bonds is 1. The molecule has 1 saturated heterocycles. The SMILES string of the molecule is C=C1c2ccc(N3CC[C@H](N)C3)cc2Oc2c(F)cccc21. The van der Waals surface area contributed by atoms with Crippen molar-refractivity contribution in [2.24, 2.45) is 5.73 Å². The van der Waals surface area contributed by atoms with Crippen molar-refractivity contribution in [3.8, 4) is 11.5 Å². The van der Waals surface area contributed by atoms with E-state index in [9.17, 15) is 4.39 Å². The maximum Gasteiger partial charge on any atom is 0.170 e. The van der Waals surface area contributed by atoms with Crippen molar-refractivity contribution in [1.29, 1.82) is 0 Å². The van der Waals surface area contributed by atoms with Gasteiger partial charge in [-0.05, 0) is 30.2 Å². The van der Waals surface area contributed by atoms with Crippen molar-refractivity contribution in [3.05, 3.63) is 59.9 Å². The molecule has 2 aromatic carbocycles. The smallest absolute Gasteiger partial charge is 0.170 e. The molecule has 0 saturated carbocycles. The van der Waals surface area contributed by atoms with Crippen molar-refractivity contribution in [1.82, 2.24) is 0 Å². The van der Waals surface area contributed by atoms with Gasteiger partial charge >= 0.3 is 0 Å². The lowest BCUT2D eigenvalue weighted by Gasteiger charge is -2.25. The van der Waals surface area contributed by atoms with E-state index in [1.807, 2.05) is 18.2 Å². The first-order chi connectivity index (χ1) is 10.6. The van der Waals surface area contributed by atoms with E-state index in [2.05, 4.69) is 17.5 Å². The lowest BCUT2D eigenvalue weighted by molar-refractivity contribution is 0.435. The predicted molar refractivity (Wildman–Crippen MR) is 85.9 cm³/mol. The van der Waals surface area contributed by atoms with Gasteiger partial charge in [0, 0.05) is 42.0 Å². The van der Waals surface area contributed by atoms with Gasteiger partial charge in [0.1, 0.15) is 5.75 Å². The highest BCUT2D eigenvalue weighted by Gasteiger charge is 2.25. The van der Waals surface area contributed by atoms with Gasteiger partial charge in [-0.15, -0.1) is 0 Å². The quantitative estimate of drug-likeness (QED) is 0.746. The molecule has 0 amide bonds. The van der Waals surface area contributed by atoms with E-state index in [0.29, 0.717) is 11.3 Å². The van der Waals surface area contributed by atoms with E-state index in [1.54, 1.807) is 6.07 Å². The monoisotopic (exact) mass is 296 g/mol. The molecule has 4 heteroatoms. The number of halogens is 1. The van der Waals surface area contributed by atoms with Gasteiger partial charge in [-0.3, -0.25) is 0 Å². The van der Waals surface area contributed by atoms with Crippen LogP contribution in [0.3, 0.4) is 0 Å². The molecule has 22 heavy (non-hydrogen) atoms. The van der Waals surface area contributed by atoms with Gasteiger partial charge in [0.15, 0.2) is 11.6 Å². The summed E-state index contributed by atoms with van der Waals surface area (Å²) in [6.07, 6.45) is 0.988. The maximum atomic E-state index is 14.0. The van der Waals surface area contributed by atoms with Crippen LogP contribution in [0.5, 0.6) is 11.5 Å². The van der Waals surface area contributed by atoms with Crippen LogP contribution in [0.2, 0.25) is 0 Å². The zero-order valence-electron chi connectivity index (χ0n) is 12.2. The molecule has 0 radical (unpaired) electrons. The number of benzene rings is 2. The molecule has 0 bridgehead atoms. The van der Waals surface area contributed by atoms with Crippen molar-refractivity contribution < 1.29 is 9.13 Å². The first-order valence-corrected chi connectivity index (χ1v) is 7.44. The van der Waals surface area contributed by atoms with Gasteiger partial charge in [-0.25, -0.2) is 4.39 Å². The summed E-state index contributed by atoms with van der Waals surface area (Å²) in [4.78, 5) is 2.23. The lowest BCUT2D eigenvalue weighted by atomic mass is 9.95. The summed E-state index contributed by atoms with van der Waals surface area (Å²) < 4.78 is 19.8. The largest absolute Gasteiger partial charge is 0.453 e. The minimum Gasteiger partial charge on any atom is -0.453 e. The molecule has 1 atom stereocenters. The van der Waals surface area contributed by atoms with E-state index in [-0.39, 0.29) is 17.6 Å². The number of nitrogens with zero attached hydrogens (tertiary/aromatic N) is 1. The van der Waals surface area contributed by atoms with Crippen LogP contribution in [-0.4, -0.2) is 19.1 Å². The van der Waals surface area contributed by atoms with Crippen LogP contribution in [0.25, 0.3) is 5.57 Å². The van der Waals surface area contributed by atoms with Gasteiger partial charge in [0.2, 0.25) is 0 Å². The molecule has 2 aromatic rings. The number of ether oxygens (including phenoxy) is 1. The molecular weight excluding hydrogens is 279 g/mol. The molecule has 4 rings (SSSR count). The summed E-state index contributed by atoms with van der Waals surface area (Å²) >= 11 is 0. The molecule has 0 aliphatic carbocycles. The van der Waals surface area contributed by atoms with Gasteiger partial charge < -0.3 is 15.4 Å². The number of fused-ring (bicyclic) bond motifs is 2. The number of para-hydroxylation sites is 1. The van der Waals surface area contributed by atoms with E-state index < -0.39 is 0 Å². The number of anilines is 1. The Morgan fingerprint density at radius 2 is 2.09 bits per heavy atom. The summed E-state index contributed by atoms with van der Waals surface area (Å²) in [5, 5.41) is 0. The van der Waals surface area contributed by atoms with E-state index >= 15 is 0 Å². The third-order valence-electron chi connectivity index (χ3n) is 4.38. The second-order valence-electron chi connectivity index (χ2n) is 5.87. The fourth-order valence-electron chi connectivity index (χ4n) is 3.17. The first-order valence-electron chi connectivity index (χ1n) is 7.44. The Morgan fingerprint density at radius 3 is 2.86 bits per heavy atom. The van der Waals surface area contributed by atoms with Gasteiger partial charge in [0.25, 0.3) is 0 Å². The Labute approximate surface area is 128 Å². The fraction of sp³-hybridized carbons (Fsp3) is 0.222. The van der Waals surface area contributed by atoms with E-state index in [1.165, 1.54) is 6.07 Å². The average molecular weight is 296 g/mol. The Kier molecular flexibility index (Phi) is 2.94. The first kappa shape index (κ1) is 13.3. The van der Waals surface area contributed by atoms with Crippen molar-refractivity contribution in [2.45, 2.75) is 12.5 Å². The topological polar surface area (TPSA) is 38.5 Å². The van der Waals surface area contributed by atoms with Crippen LogP contribution in [0.4, 0.5) is 10.1 Å². The van der Waals surface area contributed by atoms with Gasteiger partial charge in [0.05, 0.1) is 0 Å². The lowest BCUT2D eigenvalue weighted by Crippen LogP contribution is -2.26. The van der Waals surface area contributed by atoms with Crippen LogP contribution < -0.4 is 15.4 Å². The molecule has 0 spiro atoms. The van der Waals surface area contributed by atoms with Crippen LogP contribution in [-0.2, 0) is 0 Å². The molecule has 2 heterocycles. The normalized spacial score (nSPS) is 19.6. The number of nitrogens with two attached hydrogens (primary N) is 1. The molecular formula is C18H17FN2O. The molecule has 2 N–H and O–H groups in total. The fourth-order valence-corrected chi connectivity index (χ4v) is 3.17. The third-order valence-corrected chi connectivity index (χ3v) is 4.38. The molecule has 0 unspecified atom stereocenters. The second kappa shape index (κ2) is 4.85. The van der Waals surface area contributed by atoms with Gasteiger partial charge in [-0.2, -0.15) is 0 Å². The Morgan fingerprint density at radius 1 is 1.23 bits per heavy atom. The average Bonchev–Trinajstić information content (AvgIpc) is 2.95. The molecule has 2 aliphatic heterocycles. The summed E-state index contributed by atoms with van der Waals surface area (Å²) in [6, 6.07) is 11.1. The summed E-state index contributed by atoms with van der Waals surface area (Å²) in [6.45, 7) is 5.87. The highest BCUT2D eigenvalue weighted by atomic mass is 19.1. The molecule has 112 valence electrons. The number of hydrogen-bond donors (Lipinski definition) is 1. The Bertz CT molecular complexity index is 772. The minimum atomic E-state index is -0.363. The third kappa shape index (κ3) is 1.99. The van der Waals surface area contributed by atoms with Crippen LogP contribution in [0.1, 0.15) is 17.5 Å². The summed E-state index contributed by atoms with van der Waals surface area (Å²) in [5.74, 6) is 0.550. The van der Waals surface area contributed by atoms with Gasteiger partial charge in [-0.1, -0.05) is 18.7 Å². The number of hydrogen-bond acceptors (Lipinski definition) is 3. The van der Waals surface area contributed by atoms with Crippen LogP contribution >= 0.6 is 0 Å². The molecule has 2 aliphatic rings. The highest BCUT2D eigenvalue weighted by molar-refractivity contribution is 5.87. The molecule has 3 nitrogen and oxygen atoms in total. The highest BCUT2D eigenvalue weighted by Crippen LogP contribution is 2.45. The van der Waals surface area contributed by atoms with E-state index in [4.69, 9.17) is 10.5 Å². The minimum absolute atomic E-state index is 0.213. The summed E-state index contributed by atoms with van der Waals surface area (Å²) in [5.41, 5.74) is 9.43. The van der Waals surface area contributed by atoms with Crippen LogP contribution in [0.15, 0.2) is 43.0 Å². The predicted octanol–water partition coefficient (Wildman–Crippen LogP) is 3.53. The molecule has 1 fully saturated rings. The molecule has 0 aromatic heterocycles. The standard InChI is InChI=1S/C18H17FN2O/c1-11-14-6-5-13(21-8-7-12(20)10-21)9-17(14)22-18-15(11)3-2-4-16(18)19/h2-6,9,12H,1,7-8,10,20H2/t12-/m0/s1. The maximum absolute atomic E-state index is 14.0. The van der Waals surface area contributed by atoms with Crippen LogP contribution in [0, 0.1) is 5.82 Å². The summed E-state index contributed by atoms with van der Waals surface area (Å²) in [7, 11) is 0. The zero-order chi connectivity index (χ0) is 15.3.